The molecule has 3 rings (SSSR count). The van der Waals surface area contributed by atoms with Gasteiger partial charge in [0.25, 0.3) is 0 Å². The number of benzene rings is 3. The molecule has 8 heteroatoms. The van der Waals surface area contributed by atoms with E-state index in [9.17, 15) is 13.6 Å². The summed E-state index contributed by atoms with van der Waals surface area (Å²) >= 11 is 12.3. The van der Waals surface area contributed by atoms with Gasteiger partial charge in [-0.15, -0.1) is 0 Å². The van der Waals surface area contributed by atoms with Crippen molar-refractivity contribution in [3.05, 3.63) is 87.4 Å². The first kappa shape index (κ1) is 22.0. The van der Waals surface area contributed by atoms with Crippen molar-refractivity contribution < 1.29 is 23.4 Å². The molecule has 30 heavy (non-hydrogen) atoms. The van der Waals surface area contributed by atoms with Crippen LogP contribution in [0, 0.1) is 11.6 Å². The molecule has 0 saturated carbocycles. The van der Waals surface area contributed by atoms with E-state index in [1.54, 1.807) is 6.07 Å². The fourth-order valence-corrected chi connectivity index (χ4v) is 3.17. The molecule has 0 fully saturated rings. The summed E-state index contributed by atoms with van der Waals surface area (Å²) in [6.45, 7) is 0.203. The van der Waals surface area contributed by atoms with Crippen LogP contribution in [0.1, 0.15) is 22.3 Å². The molecule has 0 aliphatic heterocycles. The summed E-state index contributed by atoms with van der Waals surface area (Å²) in [5, 5.41) is 12.1. The number of carbonyl (C=O) groups is 1. The van der Waals surface area contributed by atoms with Gasteiger partial charge in [-0.05, 0) is 54.6 Å². The SMILES string of the molecule is O=C(c1cc(OCCCO)ccc1F)c1ccc(Nc2ccc(F)cc2Cl)cc1Cl. The molecule has 0 aliphatic rings. The highest BCUT2D eigenvalue weighted by Gasteiger charge is 2.18. The second-order valence-corrected chi connectivity index (χ2v) is 7.15. The lowest BCUT2D eigenvalue weighted by Crippen LogP contribution is -2.07. The normalized spacial score (nSPS) is 10.7. The second-order valence-electron chi connectivity index (χ2n) is 6.34. The number of ether oxygens (including phenoxy) is 1. The van der Waals surface area contributed by atoms with Crippen molar-refractivity contribution >= 4 is 40.4 Å². The zero-order valence-corrected chi connectivity index (χ0v) is 17.1. The standard InChI is InChI=1S/C22H17Cl2F2NO3/c23-18-11-14(27-21-7-2-13(25)10-19(21)24)3-5-16(18)22(29)17-12-15(4-6-20(17)26)30-9-1-8-28/h2-7,10-12,27-28H,1,8-9H2. The Morgan fingerprint density at radius 2 is 1.77 bits per heavy atom. The molecule has 0 radical (unpaired) electrons. The van der Waals surface area contributed by atoms with Gasteiger partial charge in [0.15, 0.2) is 5.78 Å². The largest absolute Gasteiger partial charge is 0.493 e. The van der Waals surface area contributed by atoms with Crippen molar-refractivity contribution in [2.24, 2.45) is 0 Å². The predicted molar refractivity (Wildman–Crippen MR) is 113 cm³/mol. The summed E-state index contributed by atoms with van der Waals surface area (Å²) in [5.74, 6) is -1.45. The number of aliphatic hydroxyl groups is 1. The fraction of sp³-hybridized carbons (Fsp3) is 0.136. The average Bonchev–Trinajstić information content (AvgIpc) is 2.71. The number of anilines is 2. The van der Waals surface area contributed by atoms with Crippen LogP contribution >= 0.6 is 23.2 Å². The average molecular weight is 452 g/mol. The summed E-state index contributed by atoms with van der Waals surface area (Å²) in [4.78, 5) is 12.8. The Bertz CT molecular complexity index is 1080. The summed E-state index contributed by atoms with van der Waals surface area (Å²) in [6, 6.07) is 12.3. The number of nitrogens with one attached hydrogen (secondary N) is 1. The van der Waals surface area contributed by atoms with Gasteiger partial charge in [-0.1, -0.05) is 23.2 Å². The van der Waals surface area contributed by atoms with Gasteiger partial charge in [0, 0.05) is 24.3 Å². The van der Waals surface area contributed by atoms with Crippen molar-refractivity contribution in [2.75, 3.05) is 18.5 Å². The molecule has 3 aromatic carbocycles. The Kier molecular flexibility index (Phi) is 7.26. The Hall–Kier alpha value is -2.67. The number of carbonyl (C=O) groups excluding carboxylic acids is 1. The van der Waals surface area contributed by atoms with E-state index in [4.69, 9.17) is 33.0 Å². The van der Waals surface area contributed by atoms with E-state index in [0.717, 1.165) is 6.07 Å². The Morgan fingerprint density at radius 1 is 0.967 bits per heavy atom. The highest BCUT2D eigenvalue weighted by atomic mass is 35.5. The molecule has 4 nitrogen and oxygen atoms in total. The molecule has 0 unspecified atom stereocenters. The van der Waals surface area contributed by atoms with Gasteiger partial charge in [0.2, 0.25) is 0 Å². The molecule has 0 aliphatic carbocycles. The topological polar surface area (TPSA) is 58.6 Å². The zero-order chi connectivity index (χ0) is 21.7. The maximum atomic E-state index is 14.3. The molecule has 3 aromatic rings. The predicted octanol–water partition coefficient (Wildman–Crippen LogP) is 6.01. The molecular formula is C22H17Cl2F2NO3. The third kappa shape index (κ3) is 5.27. The van der Waals surface area contributed by atoms with Gasteiger partial charge in [0.1, 0.15) is 17.4 Å². The maximum absolute atomic E-state index is 14.3. The van der Waals surface area contributed by atoms with Crippen LogP contribution in [0.15, 0.2) is 54.6 Å². The van der Waals surface area contributed by atoms with Gasteiger partial charge >= 0.3 is 0 Å². The van der Waals surface area contributed by atoms with E-state index < -0.39 is 17.4 Å². The van der Waals surface area contributed by atoms with Crippen molar-refractivity contribution in [3.8, 4) is 5.75 Å². The molecule has 0 heterocycles. The highest BCUT2D eigenvalue weighted by Crippen LogP contribution is 2.30. The van der Waals surface area contributed by atoms with E-state index in [1.807, 2.05) is 0 Å². The number of ketones is 1. The minimum absolute atomic E-state index is 0.0356. The van der Waals surface area contributed by atoms with Crippen LogP contribution in [-0.4, -0.2) is 24.1 Å². The number of hydrogen-bond donors (Lipinski definition) is 2. The monoisotopic (exact) mass is 451 g/mol. The summed E-state index contributed by atoms with van der Waals surface area (Å²) < 4.78 is 32.8. The Morgan fingerprint density at radius 3 is 2.47 bits per heavy atom. The summed E-state index contributed by atoms with van der Waals surface area (Å²) in [6.07, 6.45) is 0.416. The molecule has 0 saturated heterocycles. The number of rotatable bonds is 8. The molecule has 2 N–H and O–H groups in total. The first-order valence-corrected chi connectivity index (χ1v) is 9.74. The van der Waals surface area contributed by atoms with Crippen LogP contribution in [0.4, 0.5) is 20.2 Å². The Balaban J connectivity index is 1.82. The zero-order valence-electron chi connectivity index (χ0n) is 15.6. The molecular weight excluding hydrogens is 435 g/mol. The van der Waals surface area contributed by atoms with Crippen LogP contribution in [0.5, 0.6) is 5.75 Å². The number of halogens is 4. The quantitative estimate of drug-likeness (QED) is 0.325. The van der Waals surface area contributed by atoms with Gasteiger partial charge in [-0.25, -0.2) is 8.78 Å². The molecule has 0 spiro atoms. The van der Waals surface area contributed by atoms with E-state index in [0.29, 0.717) is 23.5 Å². The van der Waals surface area contributed by atoms with Crippen LogP contribution in [0.25, 0.3) is 0 Å². The maximum Gasteiger partial charge on any atom is 0.197 e. The van der Waals surface area contributed by atoms with Gasteiger partial charge in [-0.3, -0.25) is 4.79 Å². The second kappa shape index (κ2) is 9.89. The van der Waals surface area contributed by atoms with Gasteiger partial charge in [-0.2, -0.15) is 0 Å². The first-order valence-electron chi connectivity index (χ1n) is 8.98. The third-order valence-electron chi connectivity index (χ3n) is 4.18. The van der Waals surface area contributed by atoms with Crippen LogP contribution in [0.3, 0.4) is 0 Å². The van der Waals surface area contributed by atoms with Crippen LogP contribution in [-0.2, 0) is 0 Å². The lowest BCUT2D eigenvalue weighted by molar-refractivity contribution is 0.103. The molecule has 156 valence electrons. The molecule has 0 bridgehead atoms. The van der Waals surface area contributed by atoms with Crippen molar-refractivity contribution in [3.63, 3.8) is 0 Å². The molecule has 0 amide bonds. The van der Waals surface area contributed by atoms with Gasteiger partial charge < -0.3 is 15.2 Å². The summed E-state index contributed by atoms with van der Waals surface area (Å²) in [7, 11) is 0. The van der Waals surface area contributed by atoms with E-state index in [-0.39, 0.29) is 34.4 Å². The van der Waals surface area contributed by atoms with Gasteiger partial charge in [0.05, 0.1) is 27.9 Å². The molecule has 0 aromatic heterocycles. The Labute approximate surface area is 182 Å². The van der Waals surface area contributed by atoms with E-state index in [2.05, 4.69) is 5.32 Å². The van der Waals surface area contributed by atoms with E-state index in [1.165, 1.54) is 42.5 Å². The lowest BCUT2D eigenvalue weighted by atomic mass is 10.0. The first-order chi connectivity index (χ1) is 14.4. The lowest BCUT2D eigenvalue weighted by Gasteiger charge is -2.12. The van der Waals surface area contributed by atoms with Crippen LogP contribution < -0.4 is 10.1 Å². The minimum Gasteiger partial charge on any atom is -0.493 e. The van der Waals surface area contributed by atoms with Crippen molar-refractivity contribution in [1.29, 1.82) is 0 Å². The third-order valence-corrected chi connectivity index (χ3v) is 4.80. The van der Waals surface area contributed by atoms with Crippen molar-refractivity contribution in [2.45, 2.75) is 6.42 Å². The molecule has 0 atom stereocenters. The summed E-state index contributed by atoms with van der Waals surface area (Å²) in [5.41, 5.74) is 0.915. The highest BCUT2D eigenvalue weighted by molar-refractivity contribution is 6.35. The van der Waals surface area contributed by atoms with Crippen molar-refractivity contribution in [1.82, 2.24) is 0 Å². The van der Waals surface area contributed by atoms with Crippen LogP contribution in [0.2, 0.25) is 10.0 Å². The smallest absolute Gasteiger partial charge is 0.197 e. The fourth-order valence-electron chi connectivity index (χ4n) is 2.69. The number of aliphatic hydroxyl groups excluding tert-OH is 1. The van der Waals surface area contributed by atoms with E-state index >= 15 is 0 Å². The number of hydrogen-bond acceptors (Lipinski definition) is 4. The minimum atomic E-state index is -0.703.